The molecular formula is C12H14BrN5O. The lowest BCUT2D eigenvalue weighted by Crippen LogP contribution is -2.51. The Balaban J connectivity index is 1.67. The molecule has 0 aliphatic carbocycles. The van der Waals surface area contributed by atoms with Crippen LogP contribution in [0.25, 0.3) is 0 Å². The first-order chi connectivity index (χ1) is 9.04. The van der Waals surface area contributed by atoms with Crippen molar-refractivity contribution in [1.82, 2.24) is 24.5 Å². The molecule has 0 atom stereocenters. The van der Waals surface area contributed by atoms with Crippen molar-refractivity contribution in [2.24, 2.45) is 7.05 Å². The second-order valence-electron chi connectivity index (χ2n) is 4.80. The summed E-state index contributed by atoms with van der Waals surface area (Å²) >= 11 is 3.37. The average molecular weight is 324 g/mol. The van der Waals surface area contributed by atoms with Gasteiger partial charge in [0, 0.05) is 26.3 Å². The summed E-state index contributed by atoms with van der Waals surface area (Å²) < 4.78 is 4.48. The van der Waals surface area contributed by atoms with Crippen LogP contribution >= 0.6 is 15.9 Å². The minimum absolute atomic E-state index is 0.0329. The van der Waals surface area contributed by atoms with E-state index in [9.17, 15) is 4.79 Å². The van der Waals surface area contributed by atoms with Crippen molar-refractivity contribution in [3.05, 3.63) is 34.3 Å². The van der Waals surface area contributed by atoms with Crippen LogP contribution < -0.4 is 0 Å². The van der Waals surface area contributed by atoms with Gasteiger partial charge in [0.15, 0.2) is 0 Å². The van der Waals surface area contributed by atoms with Crippen LogP contribution in [0.5, 0.6) is 0 Å². The van der Waals surface area contributed by atoms with E-state index in [4.69, 9.17) is 0 Å². The molecular weight excluding hydrogens is 310 g/mol. The Hall–Kier alpha value is -1.63. The molecule has 0 aromatic carbocycles. The summed E-state index contributed by atoms with van der Waals surface area (Å²) in [6.45, 7) is 3.27. The molecule has 1 aliphatic heterocycles. The van der Waals surface area contributed by atoms with Crippen LogP contribution in [-0.2, 0) is 7.05 Å². The minimum Gasteiger partial charge on any atom is -0.333 e. The van der Waals surface area contributed by atoms with E-state index in [2.05, 4.69) is 26.1 Å². The molecule has 3 heterocycles. The van der Waals surface area contributed by atoms with Gasteiger partial charge in [0.25, 0.3) is 5.91 Å². The molecule has 0 bridgehead atoms. The summed E-state index contributed by atoms with van der Waals surface area (Å²) in [5, 5.41) is 8.44. The van der Waals surface area contributed by atoms with Crippen LogP contribution in [0.15, 0.2) is 22.9 Å². The summed E-state index contributed by atoms with van der Waals surface area (Å²) in [6, 6.07) is 2.09. The van der Waals surface area contributed by atoms with E-state index in [1.807, 2.05) is 28.8 Å². The molecule has 1 amide bonds. The lowest BCUT2D eigenvalue weighted by Gasteiger charge is -2.39. The third-order valence-corrected chi connectivity index (χ3v) is 3.72. The van der Waals surface area contributed by atoms with Crippen LogP contribution in [0.4, 0.5) is 0 Å². The van der Waals surface area contributed by atoms with Gasteiger partial charge in [-0.3, -0.25) is 14.2 Å². The molecule has 100 valence electrons. The fourth-order valence-electron chi connectivity index (χ4n) is 2.28. The lowest BCUT2D eigenvalue weighted by atomic mass is 10.1. The van der Waals surface area contributed by atoms with E-state index in [-0.39, 0.29) is 11.9 Å². The van der Waals surface area contributed by atoms with Gasteiger partial charge in [0.05, 0.1) is 22.4 Å². The summed E-state index contributed by atoms with van der Waals surface area (Å²) in [4.78, 5) is 14.1. The monoisotopic (exact) mass is 323 g/mol. The first kappa shape index (κ1) is 12.4. The van der Waals surface area contributed by atoms with Gasteiger partial charge in [-0.1, -0.05) is 0 Å². The number of likely N-dealkylation sites (tertiary alicyclic amines) is 1. The van der Waals surface area contributed by atoms with Gasteiger partial charge < -0.3 is 4.90 Å². The molecule has 2 aromatic heterocycles. The number of hydrogen-bond acceptors (Lipinski definition) is 3. The molecule has 0 radical (unpaired) electrons. The van der Waals surface area contributed by atoms with Gasteiger partial charge in [-0.05, 0) is 28.9 Å². The Labute approximate surface area is 119 Å². The molecule has 19 heavy (non-hydrogen) atoms. The van der Waals surface area contributed by atoms with Gasteiger partial charge in [-0.25, -0.2) is 0 Å². The highest BCUT2D eigenvalue weighted by molar-refractivity contribution is 9.10. The average Bonchev–Trinajstić information content (AvgIpc) is 2.83. The van der Waals surface area contributed by atoms with Crippen LogP contribution in [0.3, 0.4) is 0 Å². The quantitative estimate of drug-likeness (QED) is 0.839. The fraction of sp³-hybridized carbons (Fsp3) is 0.417. The lowest BCUT2D eigenvalue weighted by molar-refractivity contribution is 0.0490. The van der Waals surface area contributed by atoms with E-state index < -0.39 is 0 Å². The number of amides is 1. The van der Waals surface area contributed by atoms with E-state index in [0.29, 0.717) is 18.8 Å². The molecule has 3 rings (SSSR count). The van der Waals surface area contributed by atoms with Crippen molar-refractivity contribution < 1.29 is 4.79 Å². The topological polar surface area (TPSA) is 56.0 Å². The SMILES string of the molecule is Cc1cc(C(=O)N2CC(n3cc(Br)cn3)C2)n(C)n1. The largest absolute Gasteiger partial charge is 0.333 e. The number of halogens is 1. The van der Waals surface area contributed by atoms with Crippen LogP contribution in [-0.4, -0.2) is 43.5 Å². The zero-order valence-corrected chi connectivity index (χ0v) is 12.3. The highest BCUT2D eigenvalue weighted by Gasteiger charge is 2.34. The van der Waals surface area contributed by atoms with E-state index in [1.54, 1.807) is 17.9 Å². The molecule has 6 nitrogen and oxygen atoms in total. The molecule has 1 aliphatic rings. The van der Waals surface area contributed by atoms with Crippen molar-refractivity contribution in [2.75, 3.05) is 13.1 Å². The smallest absolute Gasteiger partial charge is 0.272 e. The maximum Gasteiger partial charge on any atom is 0.272 e. The number of nitrogens with zero attached hydrogens (tertiary/aromatic N) is 5. The van der Waals surface area contributed by atoms with Crippen LogP contribution in [0.2, 0.25) is 0 Å². The summed E-state index contributed by atoms with van der Waals surface area (Å²) in [5.74, 6) is 0.0329. The number of carbonyl (C=O) groups excluding carboxylic acids is 1. The second kappa shape index (κ2) is 4.48. The first-order valence-electron chi connectivity index (χ1n) is 6.04. The maximum atomic E-state index is 12.3. The van der Waals surface area contributed by atoms with Gasteiger partial charge in [0.2, 0.25) is 0 Å². The Kier molecular flexibility index (Phi) is 2.93. The molecule has 0 N–H and O–H groups in total. The summed E-state index contributed by atoms with van der Waals surface area (Å²) in [5.41, 5.74) is 1.50. The third kappa shape index (κ3) is 2.18. The Bertz CT molecular complexity index is 626. The Morgan fingerprint density at radius 3 is 2.74 bits per heavy atom. The van der Waals surface area contributed by atoms with Crippen molar-refractivity contribution >= 4 is 21.8 Å². The van der Waals surface area contributed by atoms with Crippen LogP contribution in [0.1, 0.15) is 22.2 Å². The van der Waals surface area contributed by atoms with E-state index in [1.165, 1.54) is 0 Å². The molecule has 2 aromatic rings. The minimum atomic E-state index is 0.0329. The highest BCUT2D eigenvalue weighted by atomic mass is 79.9. The van der Waals surface area contributed by atoms with Gasteiger partial charge in [0.1, 0.15) is 5.69 Å². The fourth-order valence-corrected chi connectivity index (χ4v) is 2.58. The van der Waals surface area contributed by atoms with Crippen molar-refractivity contribution in [2.45, 2.75) is 13.0 Å². The van der Waals surface area contributed by atoms with E-state index >= 15 is 0 Å². The van der Waals surface area contributed by atoms with Gasteiger partial charge in [-0.15, -0.1) is 0 Å². The number of aromatic nitrogens is 4. The predicted octanol–water partition coefficient (Wildman–Crippen LogP) is 1.38. The maximum absolute atomic E-state index is 12.3. The highest BCUT2D eigenvalue weighted by Crippen LogP contribution is 2.24. The molecule has 1 saturated heterocycles. The number of hydrogen-bond donors (Lipinski definition) is 0. The molecule has 0 spiro atoms. The van der Waals surface area contributed by atoms with E-state index in [0.717, 1.165) is 10.2 Å². The van der Waals surface area contributed by atoms with Crippen molar-refractivity contribution in [3.63, 3.8) is 0 Å². The number of aryl methyl sites for hydroxylation is 2. The third-order valence-electron chi connectivity index (χ3n) is 3.31. The second-order valence-corrected chi connectivity index (χ2v) is 5.71. The molecule has 1 fully saturated rings. The zero-order chi connectivity index (χ0) is 13.6. The summed E-state index contributed by atoms with van der Waals surface area (Å²) in [6.07, 6.45) is 3.69. The van der Waals surface area contributed by atoms with Crippen LogP contribution in [0, 0.1) is 6.92 Å². The van der Waals surface area contributed by atoms with Crippen molar-refractivity contribution in [1.29, 1.82) is 0 Å². The first-order valence-corrected chi connectivity index (χ1v) is 6.83. The van der Waals surface area contributed by atoms with Gasteiger partial charge in [-0.2, -0.15) is 10.2 Å². The summed E-state index contributed by atoms with van der Waals surface area (Å²) in [7, 11) is 1.79. The normalized spacial score (nSPS) is 15.6. The zero-order valence-electron chi connectivity index (χ0n) is 10.7. The number of carbonyl (C=O) groups is 1. The predicted molar refractivity (Wildman–Crippen MR) is 72.8 cm³/mol. The number of rotatable bonds is 2. The molecule has 0 saturated carbocycles. The molecule has 7 heteroatoms. The van der Waals surface area contributed by atoms with Gasteiger partial charge >= 0.3 is 0 Å². The Morgan fingerprint density at radius 2 is 2.21 bits per heavy atom. The standard InChI is InChI=1S/C12H14BrN5O/c1-8-3-11(16(2)15-8)12(19)17-6-10(7-17)18-5-9(13)4-14-18/h3-5,10H,6-7H2,1-2H3. The Morgan fingerprint density at radius 1 is 1.47 bits per heavy atom. The van der Waals surface area contributed by atoms with Crippen molar-refractivity contribution in [3.8, 4) is 0 Å². The molecule has 0 unspecified atom stereocenters.